The van der Waals surface area contributed by atoms with Gasteiger partial charge in [0.2, 0.25) is 0 Å². The first-order chi connectivity index (χ1) is 11.6. The van der Waals surface area contributed by atoms with E-state index in [1.165, 1.54) is 5.56 Å². The average molecular weight is 330 g/mol. The van der Waals surface area contributed by atoms with Crippen molar-refractivity contribution in [2.45, 2.75) is 45.6 Å². The van der Waals surface area contributed by atoms with Crippen molar-refractivity contribution in [1.82, 2.24) is 19.7 Å². The summed E-state index contributed by atoms with van der Waals surface area (Å²) in [7, 11) is 1.68. The fourth-order valence-corrected chi connectivity index (χ4v) is 3.32. The summed E-state index contributed by atoms with van der Waals surface area (Å²) < 4.78 is 13.0. The van der Waals surface area contributed by atoms with Gasteiger partial charge in [-0.05, 0) is 38.5 Å². The first kappa shape index (κ1) is 16.9. The Morgan fingerprint density at radius 3 is 2.50 bits per heavy atom. The third-order valence-electron chi connectivity index (χ3n) is 4.51. The molecule has 0 radical (unpaired) electrons. The van der Waals surface area contributed by atoms with E-state index in [1.54, 1.807) is 13.4 Å². The van der Waals surface area contributed by atoms with Crippen LogP contribution in [0.1, 0.15) is 38.2 Å². The highest BCUT2D eigenvalue weighted by Crippen LogP contribution is 2.23. The van der Waals surface area contributed by atoms with Gasteiger partial charge in [0.25, 0.3) is 0 Å². The number of benzene rings is 1. The molecule has 0 N–H and O–H groups in total. The maximum Gasteiger partial charge on any atom is 0.144 e. The van der Waals surface area contributed by atoms with Crippen molar-refractivity contribution in [2.24, 2.45) is 0 Å². The zero-order valence-corrected chi connectivity index (χ0v) is 14.8. The van der Waals surface area contributed by atoms with Gasteiger partial charge in [-0.3, -0.25) is 4.90 Å². The SMILES string of the molecule is COc1ccc(Cn2ncnc2[C@@H](C)N2C[C@@H](C)O[C@@H](C)C2)cc1. The summed E-state index contributed by atoms with van der Waals surface area (Å²) in [6.07, 6.45) is 2.13. The Morgan fingerprint density at radius 2 is 1.88 bits per heavy atom. The lowest BCUT2D eigenvalue weighted by Gasteiger charge is -2.38. The second-order valence-corrected chi connectivity index (χ2v) is 6.51. The van der Waals surface area contributed by atoms with E-state index in [0.29, 0.717) is 6.54 Å². The van der Waals surface area contributed by atoms with E-state index in [2.05, 4.69) is 47.9 Å². The zero-order valence-electron chi connectivity index (χ0n) is 14.8. The minimum absolute atomic E-state index is 0.208. The van der Waals surface area contributed by atoms with E-state index >= 15 is 0 Å². The van der Waals surface area contributed by atoms with Crippen LogP contribution in [0.15, 0.2) is 30.6 Å². The van der Waals surface area contributed by atoms with Crippen LogP contribution in [0.25, 0.3) is 0 Å². The molecule has 2 aromatic rings. The van der Waals surface area contributed by atoms with E-state index in [4.69, 9.17) is 9.47 Å². The highest BCUT2D eigenvalue weighted by molar-refractivity contribution is 5.27. The summed E-state index contributed by atoms with van der Waals surface area (Å²) >= 11 is 0. The molecule has 130 valence electrons. The summed E-state index contributed by atoms with van der Waals surface area (Å²) in [5.41, 5.74) is 1.18. The van der Waals surface area contributed by atoms with E-state index in [1.807, 2.05) is 16.8 Å². The molecule has 1 saturated heterocycles. The fraction of sp³-hybridized carbons (Fsp3) is 0.556. The highest BCUT2D eigenvalue weighted by Gasteiger charge is 2.28. The molecule has 1 aromatic carbocycles. The first-order valence-corrected chi connectivity index (χ1v) is 8.47. The van der Waals surface area contributed by atoms with Gasteiger partial charge in [-0.2, -0.15) is 5.10 Å². The lowest BCUT2D eigenvalue weighted by Crippen LogP contribution is -2.46. The lowest BCUT2D eigenvalue weighted by molar-refractivity contribution is -0.0801. The van der Waals surface area contributed by atoms with Crippen LogP contribution in [0.2, 0.25) is 0 Å². The number of methoxy groups -OCH3 is 1. The Bertz CT molecular complexity index is 645. The maximum atomic E-state index is 5.84. The molecule has 24 heavy (non-hydrogen) atoms. The predicted octanol–water partition coefficient (Wildman–Crippen LogP) is 2.51. The van der Waals surface area contributed by atoms with Gasteiger partial charge in [-0.25, -0.2) is 9.67 Å². The van der Waals surface area contributed by atoms with Crippen LogP contribution in [0, 0.1) is 0 Å². The molecule has 3 atom stereocenters. The molecule has 3 rings (SSSR count). The summed E-state index contributed by atoms with van der Waals surface area (Å²) in [5.74, 6) is 1.86. The van der Waals surface area contributed by atoms with E-state index in [0.717, 1.165) is 24.7 Å². The number of nitrogens with zero attached hydrogens (tertiary/aromatic N) is 4. The van der Waals surface area contributed by atoms with Gasteiger partial charge in [0.15, 0.2) is 0 Å². The largest absolute Gasteiger partial charge is 0.497 e. The van der Waals surface area contributed by atoms with Crippen molar-refractivity contribution in [3.63, 3.8) is 0 Å². The number of hydrogen-bond acceptors (Lipinski definition) is 5. The summed E-state index contributed by atoms with van der Waals surface area (Å²) in [6, 6.07) is 8.28. The molecular formula is C18H26N4O2. The molecule has 6 nitrogen and oxygen atoms in total. The van der Waals surface area contributed by atoms with E-state index in [-0.39, 0.29) is 18.2 Å². The minimum atomic E-state index is 0.208. The molecule has 1 aliphatic heterocycles. The van der Waals surface area contributed by atoms with Crippen LogP contribution in [-0.4, -0.2) is 52.1 Å². The standard InChI is InChI=1S/C18H26N4O2/c1-13-9-21(10-14(2)24-13)15(3)18-19-12-20-22(18)11-16-5-7-17(23-4)8-6-16/h5-8,12-15H,9-11H2,1-4H3/t13-,14+,15-/m1/s1. The minimum Gasteiger partial charge on any atom is -0.497 e. The van der Waals surface area contributed by atoms with Crippen molar-refractivity contribution < 1.29 is 9.47 Å². The van der Waals surface area contributed by atoms with Gasteiger partial charge in [0.1, 0.15) is 17.9 Å². The second-order valence-electron chi connectivity index (χ2n) is 6.51. The van der Waals surface area contributed by atoms with Gasteiger partial charge in [-0.1, -0.05) is 12.1 Å². The van der Waals surface area contributed by atoms with Gasteiger partial charge in [0, 0.05) is 13.1 Å². The van der Waals surface area contributed by atoms with Crippen molar-refractivity contribution >= 4 is 0 Å². The van der Waals surface area contributed by atoms with Crippen molar-refractivity contribution in [3.05, 3.63) is 42.0 Å². The van der Waals surface area contributed by atoms with Gasteiger partial charge in [-0.15, -0.1) is 0 Å². The Morgan fingerprint density at radius 1 is 1.21 bits per heavy atom. The van der Waals surface area contributed by atoms with Crippen LogP contribution >= 0.6 is 0 Å². The second kappa shape index (κ2) is 7.32. The molecule has 1 aromatic heterocycles. The smallest absolute Gasteiger partial charge is 0.144 e. The molecule has 6 heteroatoms. The quantitative estimate of drug-likeness (QED) is 0.843. The number of morpholine rings is 1. The number of ether oxygens (including phenoxy) is 2. The highest BCUT2D eigenvalue weighted by atomic mass is 16.5. The van der Waals surface area contributed by atoms with Crippen LogP contribution in [-0.2, 0) is 11.3 Å². The molecule has 0 unspecified atom stereocenters. The number of aromatic nitrogens is 3. The van der Waals surface area contributed by atoms with Gasteiger partial charge in [0.05, 0.1) is 31.9 Å². The van der Waals surface area contributed by atoms with Crippen molar-refractivity contribution in [1.29, 1.82) is 0 Å². The van der Waals surface area contributed by atoms with Crippen LogP contribution in [0.4, 0.5) is 0 Å². The molecule has 0 spiro atoms. The molecule has 0 saturated carbocycles. The Labute approximate surface area is 143 Å². The van der Waals surface area contributed by atoms with E-state index < -0.39 is 0 Å². The molecular weight excluding hydrogens is 304 g/mol. The van der Waals surface area contributed by atoms with Gasteiger partial charge >= 0.3 is 0 Å². The van der Waals surface area contributed by atoms with Crippen molar-refractivity contribution in [2.75, 3.05) is 20.2 Å². The van der Waals surface area contributed by atoms with Gasteiger partial charge < -0.3 is 9.47 Å². The first-order valence-electron chi connectivity index (χ1n) is 8.47. The Balaban J connectivity index is 1.74. The molecule has 0 aliphatic carbocycles. The predicted molar refractivity (Wildman–Crippen MR) is 92.1 cm³/mol. The Hall–Kier alpha value is -1.92. The normalized spacial score (nSPS) is 23.2. The lowest BCUT2D eigenvalue weighted by atomic mass is 10.1. The molecule has 0 amide bonds. The van der Waals surface area contributed by atoms with Crippen LogP contribution in [0.3, 0.4) is 0 Å². The molecule has 1 aliphatic rings. The third kappa shape index (κ3) is 3.76. The number of rotatable bonds is 5. The fourth-order valence-electron chi connectivity index (χ4n) is 3.32. The summed E-state index contributed by atoms with van der Waals surface area (Å²) in [5, 5.41) is 4.42. The number of hydrogen-bond donors (Lipinski definition) is 0. The molecule has 2 heterocycles. The van der Waals surface area contributed by atoms with Crippen LogP contribution < -0.4 is 4.74 Å². The topological polar surface area (TPSA) is 52.4 Å². The van der Waals surface area contributed by atoms with Crippen LogP contribution in [0.5, 0.6) is 5.75 Å². The van der Waals surface area contributed by atoms with Crippen molar-refractivity contribution in [3.8, 4) is 5.75 Å². The summed E-state index contributed by atoms with van der Waals surface area (Å²) in [4.78, 5) is 6.94. The zero-order chi connectivity index (χ0) is 17.1. The molecule has 0 bridgehead atoms. The third-order valence-corrected chi connectivity index (χ3v) is 4.51. The monoisotopic (exact) mass is 330 g/mol. The maximum absolute atomic E-state index is 5.84. The summed E-state index contributed by atoms with van der Waals surface area (Å²) in [6.45, 7) is 8.98. The Kier molecular flexibility index (Phi) is 5.16. The average Bonchev–Trinajstić information content (AvgIpc) is 3.02. The van der Waals surface area contributed by atoms with E-state index in [9.17, 15) is 0 Å². The molecule has 1 fully saturated rings.